The van der Waals surface area contributed by atoms with Crippen LogP contribution in [0.4, 0.5) is 10.5 Å². The highest BCUT2D eigenvalue weighted by molar-refractivity contribution is 6.78. The SMILES string of the molecule is C=CC(C)[C@H]1OC(=O)N[C@@H]1CC(=O)Nc1cccc(O[Si](C(C)C)(C(C)C)C(C)C)c1. The van der Waals surface area contributed by atoms with Crippen LogP contribution in [0.15, 0.2) is 36.9 Å². The fourth-order valence-electron chi connectivity index (χ4n) is 4.86. The van der Waals surface area contributed by atoms with Gasteiger partial charge in [0.25, 0.3) is 8.32 Å². The normalized spacial score (nSPS) is 19.9. The van der Waals surface area contributed by atoms with Crippen LogP contribution in [0.2, 0.25) is 16.6 Å². The van der Waals surface area contributed by atoms with Crippen molar-refractivity contribution in [3.63, 3.8) is 0 Å². The molecule has 1 heterocycles. The van der Waals surface area contributed by atoms with Crippen LogP contribution in [0.3, 0.4) is 0 Å². The minimum Gasteiger partial charge on any atom is -0.543 e. The first-order valence-electron chi connectivity index (χ1n) is 11.2. The summed E-state index contributed by atoms with van der Waals surface area (Å²) in [7, 11) is -2.08. The monoisotopic (exact) mass is 446 g/mol. The molecule has 0 radical (unpaired) electrons. The lowest BCUT2D eigenvalue weighted by Gasteiger charge is -2.42. The van der Waals surface area contributed by atoms with Gasteiger partial charge in [0, 0.05) is 17.7 Å². The Labute approximate surface area is 187 Å². The third-order valence-electron chi connectivity index (χ3n) is 6.36. The predicted octanol–water partition coefficient (Wildman–Crippen LogP) is 5.87. The largest absolute Gasteiger partial charge is 0.543 e. The lowest BCUT2D eigenvalue weighted by molar-refractivity contribution is -0.117. The first kappa shape index (κ1) is 25.0. The smallest absolute Gasteiger partial charge is 0.407 e. The molecule has 2 rings (SSSR count). The van der Waals surface area contributed by atoms with Crippen LogP contribution in [-0.4, -0.2) is 32.5 Å². The van der Waals surface area contributed by atoms with E-state index in [0.717, 1.165) is 5.75 Å². The molecule has 0 aromatic heterocycles. The van der Waals surface area contributed by atoms with Crippen molar-refractivity contribution in [3.05, 3.63) is 36.9 Å². The quantitative estimate of drug-likeness (QED) is 0.348. The standard InChI is InChI=1S/C24H38N2O4Si/c1-9-18(8)23-21(26-24(28)29-23)14-22(27)25-19-11-10-12-20(13-19)30-31(15(2)3,16(4)5)17(6)7/h9-13,15-18,21,23H,1,14H2,2-8H3,(H,25,27)(H,26,28)/t18?,21-,23-/m1/s1. The van der Waals surface area contributed by atoms with E-state index in [0.29, 0.717) is 22.3 Å². The van der Waals surface area contributed by atoms with Gasteiger partial charge in [-0.25, -0.2) is 4.79 Å². The summed E-state index contributed by atoms with van der Waals surface area (Å²) in [6.45, 7) is 19.2. The molecular formula is C24H38N2O4Si. The highest BCUT2D eigenvalue weighted by atomic mass is 28.4. The van der Waals surface area contributed by atoms with E-state index in [-0.39, 0.29) is 24.3 Å². The number of ether oxygens (including phenoxy) is 1. The summed E-state index contributed by atoms with van der Waals surface area (Å²) in [5.41, 5.74) is 2.06. The molecule has 1 aliphatic rings. The Kier molecular flexibility index (Phi) is 8.34. The van der Waals surface area contributed by atoms with E-state index >= 15 is 0 Å². The molecule has 1 aromatic rings. The van der Waals surface area contributed by atoms with Gasteiger partial charge < -0.3 is 19.8 Å². The van der Waals surface area contributed by atoms with Crippen molar-refractivity contribution in [2.24, 2.45) is 5.92 Å². The summed E-state index contributed by atoms with van der Waals surface area (Å²) in [5, 5.41) is 5.67. The molecular weight excluding hydrogens is 408 g/mol. The van der Waals surface area contributed by atoms with E-state index in [2.05, 4.69) is 58.8 Å². The summed E-state index contributed by atoms with van der Waals surface area (Å²) in [6.07, 6.45) is 0.956. The summed E-state index contributed by atoms with van der Waals surface area (Å²) in [6, 6.07) is 7.20. The molecule has 31 heavy (non-hydrogen) atoms. The van der Waals surface area contributed by atoms with Gasteiger partial charge in [0.1, 0.15) is 11.9 Å². The van der Waals surface area contributed by atoms with Crippen molar-refractivity contribution >= 4 is 26.0 Å². The van der Waals surface area contributed by atoms with Crippen molar-refractivity contribution in [3.8, 4) is 5.75 Å². The van der Waals surface area contributed by atoms with Crippen molar-refractivity contribution in [1.29, 1.82) is 0 Å². The molecule has 0 aliphatic carbocycles. The van der Waals surface area contributed by atoms with Crippen LogP contribution in [0.5, 0.6) is 5.75 Å². The molecule has 6 nitrogen and oxygen atoms in total. The van der Waals surface area contributed by atoms with E-state index in [9.17, 15) is 9.59 Å². The zero-order valence-corrected chi connectivity index (χ0v) is 20.9. The third-order valence-corrected chi connectivity index (χ3v) is 12.4. The van der Waals surface area contributed by atoms with Gasteiger partial charge in [-0.3, -0.25) is 4.79 Å². The molecule has 172 valence electrons. The number of alkyl carbamates (subject to hydrolysis) is 1. The molecule has 1 saturated heterocycles. The lowest BCUT2D eigenvalue weighted by atomic mass is 9.96. The second kappa shape index (κ2) is 10.4. The second-order valence-corrected chi connectivity index (χ2v) is 14.8. The highest BCUT2D eigenvalue weighted by Crippen LogP contribution is 2.43. The average molecular weight is 447 g/mol. The molecule has 1 aliphatic heterocycles. The van der Waals surface area contributed by atoms with Crippen molar-refractivity contribution in [1.82, 2.24) is 5.32 Å². The van der Waals surface area contributed by atoms with Gasteiger partial charge in [-0.2, -0.15) is 0 Å². The number of hydrogen-bond acceptors (Lipinski definition) is 4. The molecule has 1 aromatic carbocycles. The third kappa shape index (κ3) is 5.70. The number of amides is 2. The topological polar surface area (TPSA) is 76.7 Å². The van der Waals surface area contributed by atoms with Gasteiger partial charge in [-0.15, -0.1) is 6.58 Å². The number of cyclic esters (lactones) is 1. The molecule has 1 fully saturated rings. The Morgan fingerprint density at radius 2 is 1.81 bits per heavy atom. The van der Waals surface area contributed by atoms with Gasteiger partial charge in [0.2, 0.25) is 5.91 Å². The number of hydrogen-bond donors (Lipinski definition) is 2. The predicted molar refractivity (Wildman–Crippen MR) is 128 cm³/mol. The number of rotatable bonds is 10. The summed E-state index contributed by atoms with van der Waals surface area (Å²) in [4.78, 5) is 24.3. The Balaban J connectivity index is 2.12. The maximum absolute atomic E-state index is 12.7. The van der Waals surface area contributed by atoms with Gasteiger partial charge in [0.05, 0.1) is 12.5 Å². The molecule has 2 amide bonds. The van der Waals surface area contributed by atoms with E-state index < -0.39 is 20.5 Å². The average Bonchev–Trinajstić information content (AvgIpc) is 3.04. The van der Waals surface area contributed by atoms with Crippen molar-refractivity contribution in [2.75, 3.05) is 5.32 Å². The number of carbonyl (C=O) groups excluding carboxylic acids is 2. The number of benzene rings is 1. The number of carbonyl (C=O) groups is 2. The first-order chi connectivity index (χ1) is 14.5. The first-order valence-corrected chi connectivity index (χ1v) is 13.3. The fraction of sp³-hybridized carbons (Fsp3) is 0.583. The zero-order chi connectivity index (χ0) is 23.3. The summed E-state index contributed by atoms with van der Waals surface area (Å²) in [5.74, 6) is 0.556. The second-order valence-electron chi connectivity index (χ2n) is 9.42. The van der Waals surface area contributed by atoms with Gasteiger partial charge in [0.15, 0.2) is 0 Å². The zero-order valence-electron chi connectivity index (χ0n) is 19.9. The molecule has 0 bridgehead atoms. The molecule has 3 atom stereocenters. The Morgan fingerprint density at radius 3 is 2.35 bits per heavy atom. The van der Waals surface area contributed by atoms with Gasteiger partial charge >= 0.3 is 6.09 Å². The van der Waals surface area contributed by atoms with E-state index in [1.54, 1.807) is 6.08 Å². The van der Waals surface area contributed by atoms with Crippen LogP contribution >= 0.6 is 0 Å². The van der Waals surface area contributed by atoms with Crippen LogP contribution in [-0.2, 0) is 9.53 Å². The van der Waals surface area contributed by atoms with Crippen LogP contribution in [0, 0.1) is 5.92 Å². The molecule has 0 saturated carbocycles. The molecule has 1 unspecified atom stereocenters. The fourth-order valence-corrected chi connectivity index (χ4v) is 10.1. The summed E-state index contributed by atoms with van der Waals surface area (Å²) >= 11 is 0. The number of anilines is 1. The van der Waals surface area contributed by atoms with E-state index in [1.807, 2.05) is 31.2 Å². The van der Waals surface area contributed by atoms with E-state index in [1.165, 1.54) is 0 Å². The minimum absolute atomic E-state index is 0.0466. The van der Waals surface area contributed by atoms with E-state index in [4.69, 9.17) is 9.16 Å². The lowest BCUT2D eigenvalue weighted by Crippen LogP contribution is -2.50. The maximum Gasteiger partial charge on any atom is 0.407 e. The Bertz CT molecular complexity index is 772. The Hall–Kier alpha value is -2.28. The number of nitrogens with one attached hydrogen (secondary N) is 2. The van der Waals surface area contributed by atoms with Gasteiger partial charge in [-0.1, -0.05) is 60.6 Å². The van der Waals surface area contributed by atoms with Crippen LogP contribution < -0.4 is 15.1 Å². The molecule has 2 N–H and O–H groups in total. The highest BCUT2D eigenvalue weighted by Gasteiger charge is 2.47. The van der Waals surface area contributed by atoms with Crippen molar-refractivity contribution in [2.45, 2.75) is 83.7 Å². The Morgan fingerprint density at radius 1 is 1.19 bits per heavy atom. The van der Waals surface area contributed by atoms with Gasteiger partial charge in [-0.05, 0) is 28.8 Å². The van der Waals surface area contributed by atoms with Crippen LogP contribution in [0.25, 0.3) is 0 Å². The molecule has 7 heteroatoms. The summed E-state index contributed by atoms with van der Waals surface area (Å²) < 4.78 is 12.0. The van der Waals surface area contributed by atoms with Crippen molar-refractivity contribution < 1.29 is 18.8 Å². The maximum atomic E-state index is 12.7. The molecule has 0 spiro atoms. The van der Waals surface area contributed by atoms with Crippen LogP contribution in [0.1, 0.15) is 54.9 Å². The minimum atomic E-state index is -2.08.